The highest BCUT2D eigenvalue weighted by atomic mass is 16.2. The van der Waals surface area contributed by atoms with Gasteiger partial charge in [-0.2, -0.15) is 0 Å². The average molecular weight is 334 g/mol. The summed E-state index contributed by atoms with van der Waals surface area (Å²) in [7, 11) is 0. The minimum Gasteiger partial charge on any atom is -0.361 e. The summed E-state index contributed by atoms with van der Waals surface area (Å²) in [4.78, 5) is 26.7. The van der Waals surface area contributed by atoms with E-state index < -0.39 is 0 Å². The van der Waals surface area contributed by atoms with Crippen molar-refractivity contribution in [3.63, 3.8) is 0 Å². The Morgan fingerprint density at radius 3 is 3.08 bits per heavy atom. The van der Waals surface area contributed by atoms with Gasteiger partial charge in [-0.15, -0.1) is 0 Å². The van der Waals surface area contributed by atoms with Gasteiger partial charge in [0.05, 0.1) is 0 Å². The SMILES string of the molecule is Cc1ccnc(C2CCN(C(=O)CCc3c[nH]c4ccccc34)C2)n1. The van der Waals surface area contributed by atoms with E-state index in [0.717, 1.165) is 43.0 Å². The second-order valence-electron chi connectivity index (χ2n) is 6.74. The van der Waals surface area contributed by atoms with Gasteiger partial charge in [0.15, 0.2) is 0 Å². The molecule has 0 spiro atoms. The fourth-order valence-electron chi connectivity index (χ4n) is 3.60. The Bertz CT molecular complexity index is 901. The monoisotopic (exact) mass is 334 g/mol. The van der Waals surface area contributed by atoms with E-state index in [4.69, 9.17) is 0 Å². The molecule has 1 saturated heterocycles. The minimum absolute atomic E-state index is 0.223. The van der Waals surface area contributed by atoms with Gasteiger partial charge in [-0.3, -0.25) is 4.79 Å². The third kappa shape index (κ3) is 3.27. The van der Waals surface area contributed by atoms with Crippen LogP contribution in [-0.2, 0) is 11.2 Å². The molecule has 1 unspecified atom stereocenters. The molecule has 3 heterocycles. The van der Waals surface area contributed by atoms with Gasteiger partial charge in [0.25, 0.3) is 0 Å². The van der Waals surface area contributed by atoms with Crippen molar-refractivity contribution >= 4 is 16.8 Å². The third-order valence-electron chi connectivity index (χ3n) is 5.00. The maximum absolute atomic E-state index is 12.6. The van der Waals surface area contributed by atoms with E-state index in [-0.39, 0.29) is 11.8 Å². The number of carbonyl (C=O) groups excluding carboxylic acids is 1. The lowest BCUT2D eigenvalue weighted by atomic mass is 10.1. The number of nitrogens with zero attached hydrogens (tertiary/aromatic N) is 3. The van der Waals surface area contributed by atoms with Crippen LogP contribution >= 0.6 is 0 Å². The van der Waals surface area contributed by atoms with Crippen molar-refractivity contribution in [2.45, 2.75) is 32.1 Å². The van der Waals surface area contributed by atoms with E-state index in [1.807, 2.05) is 36.2 Å². The van der Waals surface area contributed by atoms with Gasteiger partial charge in [0.2, 0.25) is 5.91 Å². The zero-order valence-corrected chi connectivity index (χ0v) is 14.4. The molecule has 5 heteroatoms. The number of fused-ring (bicyclic) bond motifs is 1. The van der Waals surface area contributed by atoms with Gasteiger partial charge in [0, 0.05) is 54.4 Å². The van der Waals surface area contributed by atoms with Crippen LogP contribution in [0.1, 0.15) is 35.8 Å². The quantitative estimate of drug-likeness (QED) is 0.797. The van der Waals surface area contributed by atoms with Crippen molar-refractivity contribution in [1.82, 2.24) is 19.9 Å². The lowest BCUT2D eigenvalue weighted by Gasteiger charge is -2.16. The molecule has 0 radical (unpaired) electrons. The molecule has 25 heavy (non-hydrogen) atoms. The summed E-state index contributed by atoms with van der Waals surface area (Å²) < 4.78 is 0. The molecule has 0 aliphatic carbocycles. The van der Waals surface area contributed by atoms with Gasteiger partial charge in [-0.25, -0.2) is 9.97 Å². The Kier molecular flexibility index (Phi) is 4.22. The lowest BCUT2D eigenvalue weighted by molar-refractivity contribution is -0.130. The summed E-state index contributed by atoms with van der Waals surface area (Å²) in [6.45, 7) is 3.51. The number of aromatic amines is 1. The summed E-state index contributed by atoms with van der Waals surface area (Å²) in [6, 6.07) is 10.1. The molecule has 1 fully saturated rings. The van der Waals surface area contributed by atoms with Crippen LogP contribution in [0.3, 0.4) is 0 Å². The first-order valence-corrected chi connectivity index (χ1v) is 8.83. The van der Waals surface area contributed by atoms with Gasteiger partial charge >= 0.3 is 0 Å². The van der Waals surface area contributed by atoms with Gasteiger partial charge in [-0.1, -0.05) is 18.2 Å². The topological polar surface area (TPSA) is 61.9 Å². The fourth-order valence-corrected chi connectivity index (χ4v) is 3.60. The number of hydrogen-bond donors (Lipinski definition) is 1. The van der Waals surface area contributed by atoms with Crippen LogP contribution in [0.5, 0.6) is 0 Å². The van der Waals surface area contributed by atoms with Crippen LogP contribution in [0.25, 0.3) is 10.9 Å². The van der Waals surface area contributed by atoms with Crippen LogP contribution in [0.4, 0.5) is 0 Å². The van der Waals surface area contributed by atoms with Gasteiger partial charge in [-0.05, 0) is 37.5 Å². The predicted molar refractivity (Wildman–Crippen MR) is 97.3 cm³/mol. The van der Waals surface area contributed by atoms with Crippen LogP contribution < -0.4 is 0 Å². The third-order valence-corrected chi connectivity index (χ3v) is 5.00. The van der Waals surface area contributed by atoms with Crippen LogP contribution in [0, 0.1) is 6.92 Å². The molecule has 5 nitrogen and oxygen atoms in total. The number of aromatic nitrogens is 3. The minimum atomic E-state index is 0.223. The second kappa shape index (κ2) is 6.67. The largest absolute Gasteiger partial charge is 0.361 e. The van der Waals surface area contributed by atoms with Crippen molar-refractivity contribution in [3.8, 4) is 0 Å². The number of aryl methyl sites for hydroxylation is 2. The molecule has 0 bridgehead atoms. The second-order valence-corrected chi connectivity index (χ2v) is 6.74. The molecular weight excluding hydrogens is 312 g/mol. The van der Waals surface area contributed by atoms with E-state index >= 15 is 0 Å². The highest BCUT2D eigenvalue weighted by Crippen LogP contribution is 2.26. The first-order chi connectivity index (χ1) is 12.2. The first-order valence-electron chi connectivity index (χ1n) is 8.83. The lowest BCUT2D eigenvalue weighted by Crippen LogP contribution is -2.28. The number of likely N-dealkylation sites (tertiary alicyclic amines) is 1. The smallest absolute Gasteiger partial charge is 0.222 e. The number of nitrogens with one attached hydrogen (secondary N) is 1. The highest BCUT2D eigenvalue weighted by molar-refractivity contribution is 5.84. The molecule has 1 atom stereocenters. The first kappa shape index (κ1) is 15.8. The summed E-state index contributed by atoms with van der Waals surface area (Å²) in [5.74, 6) is 1.35. The summed E-state index contributed by atoms with van der Waals surface area (Å²) >= 11 is 0. The van der Waals surface area contributed by atoms with E-state index in [1.54, 1.807) is 6.20 Å². The highest BCUT2D eigenvalue weighted by Gasteiger charge is 2.28. The van der Waals surface area contributed by atoms with Crippen molar-refractivity contribution in [3.05, 3.63) is 59.8 Å². The molecule has 1 aromatic carbocycles. The molecule has 3 aromatic rings. The molecule has 1 aliphatic rings. The van der Waals surface area contributed by atoms with Crippen LogP contribution in [0.15, 0.2) is 42.7 Å². The molecule has 2 aromatic heterocycles. The normalized spacial score (nSPS) is 17.3. The maximum atomic E-state index is 12.6. The number of H-pyrrole nitrogens is 1. The van der Waals surface area contributed by atoms with E-state index in [9.17, 15) is 4.79 Å². The molecule has 1 amide bonds. The number of rotatable bonds is 4. The number of benzene rings is 1. The van der Waals surface area contributed by atoms with E-state index in [0.29, 0.717) is 6.42 Å². The van der Waals surface area contributed by atoms with E-state index in [2.05, 4.69) is 27.1 Å². The molecular formula is C20H22N4O. The number of carbonyl (C=O) groups is 1. The Labute approximate surface area is 147 Å². The van der Waals surface area contributed by atoms with Crippen molar-refractivity contribution < 1.29 is 4.79 Å². The van der Waals surface area contributed by atoms with Crippen LogP contribution in [0.2, 0.25) is 0 Å². The van der Waals surface area contributed by atoms with Gasteiger partial charge in [0.1, 0.15) is 5.82 Å². The average Bonchev–Trinajstić information content (AvgIpc) is 3.27. The van der Waals surface area contributed by atoms with Crippen molar-refractivity contribution in [2.24, 2.45) is 0 Å². The van der Waals surface area contributed by atoms with Crippen molar-refractivity contribution in [1.29, 1.82) is 0 Å². The predicted octanol–water partition coefficient (Wildman–Crippen LogP) is 3.22. The van der Waals surface area contributed by atoms with E-state index in [1.165, 1.54) is 10.9 Å². The molecule has 1 N–H and O–H groups in total. The standard InChI is InChI=1S/C20H22N4O/c1-14-8-10-21-20(23-14)16-9-11-24(13-16)19(25)7-6-15-12-22-18-5-3-2-4-17(15)18/h2-5,8,10,12,16,22H,6-7,9,11,13H2,1H3. The fraction of sp³-hybridized carbons (Fsp3) is 0.350. The zero-order valence-electron chi connectivity index (χ0n) is 14.4. The molecule has 0 saturated carbocycles. The Hall–Kier alpha value is -2.69. The Morgan fingerprint density at radius 1 is 1.32 bits per heavy atom. The van der Waals surface area contributed by atoms with Crippen LogP contribution in [-0.4, -0.2) is 38.8 Å². The summed E-state index contributed by atoms with van der Waals surface area (Å²) in [5, 5.41) is 1.21. The summed E-state index contributed by atoms with van der Waals surface area (Å²) in [6.07, 6.45) is 6.08. The van der Waals surface area contributed by atoms with Crippen molar-refractivity contribution in [2.75, 3.05) is 13.1 Å². The zero-order chi connectivity index (χ0) is 17.2. The molecule has 1 aliphatic heterocycles. The number of para-hydroxylation sites is 1. The molecule has 4 rings (SSSR count). The number of amides is 1. The van der Waals surface area contributed by atoms with Gasteiger partial charge < -0.3 is 9.88 Å². The Morgan fingerprint density at radius 2 is 2.20 bits per heavy atom. The Balaban J connectivity index is 1.37. The summed E-state index contributed by atoms with van der Waals surface area (Å²) in [5.41, 5.74) is 3.32. The maximum Gasteiger partial charge on any atom is 0.222 e. The molecule has 128 valence electrons. The number of hydrogen-bond acceptors (Lipinski definition) is 3.